The van der Waals surface area contributed by atoms with Gasteiger partial charge in [0.1, 0.15) is 5.60 Å². The minimum Gasteiger partial charge on any atom is -0.479 e. The highest BCUT2D eigenvalue weighted by Gasteiger charge is 2.69. The van der Waals surface area contributed by atoms with E-state index in [1.165, 1.54) is 0 Å². The molecule has 0 aromatic heterocycles. The van der Waals surface area contributed by atoms with E-state index in [0.29, 0.717) is 12.1 Å². The first-order chi connectivity index (χ1) is 18.0. The number of aliphatic carboxylic acids is 2. The normalized spacial score (nSPS) is 22.5. The van der Waals surface area contributed by atoms with Crippen LogP contribution in [0, 0.1) is 0 Å². The van der Waals surface area contributed by atoms with Crippen molar-refractivity contribution in [1.29, 1.82) is 0 Å². The van der Waals surface area contributed by atoms with Gasteiger partial charge >= 0.3 is 35.8 Å². The highest BCUT2D eigenvalue weighted by atomic mass is 16.4. The molecule has 2 aromatic carbocycles. The summed E-state index contributed by atoms with van der Waals surface area (Å²) in [5.74, 6) is -17.0. The Bertz CT molecular complexity index is 1530. The van der Waals surface area contributed by atoms with E-state index in [-0.39, 0.29) is 6.08 Å². The standard InChI is InChI=1S/C24H16O15/c25-13-7-12(19(30)31)24(39,22(36)37)23(38,11-6-2-5-10(18(28)29)15(11)21(34)35)16(13)8-3-1-4-9(17(26)27)14(8)20(32)33/h1-7,16,38-39H,(H,26,27)(H,28,29)(H,30,31)(H,32,33)(H,34,35)(H,36,37). The van der Waals surface area contributed by atoms with Gasteiger partial charge in [-0.2, -0.15) is 0 Å². The van der Waals surface area contributed by atoms with Gasteiger partial charge in [0.25, 0.3) is 0 Å². The second-order valence-electron chi connectivity index (χ2n) is 8.20. The monoisotopic (exact) mass is 544 g/mol. The fraction of sp³-hybridized carbons (Fsp3) is 0.125. The Morgan fingerprint density at radius 2 is 1.13 bits per heavy atom. The molecular formula is C24H16O15. The third-order valence-electron chi connectivity index (χ3n) is 6.24. The van der Waals surface area contributed by atoms with E-state index < -0.39 is 97.7 Å². The maximum absolute atomic E-state index is 13.4. The second-order valence-corrected chi connectivity index (χ2v) is 8.20. The Kier molecular flexibility index (Phi) is 6.84. The van der Waals surface area contributed by atoms with Crippen molar-refractivity contribution in [3.63, 3.8) is 0 Å². The third-order valence-corrected chi connectivity index (χ3v) is 6.24. The van der Waals surface area contributed by atoms with Crippen LogP contribution in [0.15, 0.2) is 48.0 Å². The molecule has 3 atom stereocenters. The van der Waals surface area contributed by atoms with Crippen LogP contribution in [0.25, 0.3) is 0 Å². The van der Waals surface area contributed by atoms with Crippen molar-refractivity contribution in [1.82, 2.24) is 0 Å². The molecule has 1 aliphatic carbocycles. The fourth-order valence-corrected chi connectivity index (χ4v) is 4.68. The van der Waals surface area contributed by atoms with Crippen molar-refractivity contribution in [2.45, 2.75) is 17.1 Å². The predicted molar refractivity (Wildman–Crippen MR) is 121 cm³/mol. The molecule has 0 spiro atoms. The highest BCUT2D eigenvalue weighted by molar-refractivity contribution is 6.13. The molecule has 39 heavy (non-hydrogen) atoms. The summed E-state index contributed by atoms with van der Waals surface area (Å²) in [4.78, 5) is 85.6. The molecule has 3 rings (SSSR count). The zero-order valence-electron chi connectivity index (χ0n) is 19.1. The van der Waals surface area contributed by atoms with Crippen molar-refractivity contribution in [3.05, 3.63) is 81.4 Å². The molecule has 0 bridgehead atoms. The number of carbonyl (C=O) groups excluding carboxylic acids is 1. The lowest BCUT2D eigenvalue weighted by molar-refractivity contribution is -0.197. The molecule has 0 saturated carbocycles. The summed E-state index contributed by atoms with van der Waals surface area (Å²) >= 11 is 0. The van der Waals surface area contributed by atoms with Crippen LogP contribution < -0.4 is 0 Å². The van der Waals surface area contributed by atoms with E-state index >= 15 is 0 Å². The summed E-state index contributed by atoms with van der Waals surface area (Å²) in [5, 5.41) is 81.6. The van der Waals surface area contributed by atoms with E-state index in [0.717, 1.165) is 24.3 Å². The Labute approximate surface area is 215 Å². The van der Waals surface area contributed by atoms with Gasteiger partial charge < -0.3 is 40.9 Å². The Hall–Kier alpha value is -5.41. The van der Waals surface area contributed by atoms with Crippen LogP contribution >= 0.6 is 0 Å². The molecule has 15 nitrogen and oxygen atoms in total. The number of ketones is 1. The van der Waals surface area contributed by atoms with Gasteiger partial charge in [-0.1, -0.05) is 24.3 Å². The molecular weight excluding hydrogens is 528 g/mol. The zero-order valence-corrected chi connectivity index (χ0v) is 19.1. The fourth-order valence-electron chi connectivity index (χ4n) is 4.68. The van der Waals surface area contributed by atoms with Crippen LogP contribution in [0.5, 0.6) is 0 Å². The average molecular weight is 544 g/mol. The van der Waals surface area contributed by atoms with E-state index in [9.17, 15) is 74.4 Å². The molecule has 3 unspecified atom stereocenters. The number of carboxylic acid groups (broad SMARTS) is 6. The highest BCUT2D eigenvalue weighted by Crippen LogP contribution is 2.53. The van der Waals surface area contributed by atoms with Crippen molar-refractivity contribution in [3.8, 4) is 0 Å². The lowest BCUT2D eigenvalue weighted by Crippen LogP contribution is -2.66. The van der Waals surface area contributed by atoms with Gasteiger partial charge in [0.15, 0.2) is 5.78 Å². The quantitative estimate of drug-likeness (QED) is 0.215. The van der Waals surface area contributed by atoms with Gasteiger partial charge in [-0.05, 0) is 23.8 Å². The molecule has 0 aliphatic heterocycles. The number of aromatic carboxylic acids is 4. The van der Waals surface area contributed by atoms with Crippen molar-refractivity contribution in [2.24, 2.45) is 0 Å². The number of allylic oxidation sites excluding steroid dienone is 1. The molecule has 2 aromatic rings. The molecule has 0 radical (unpaired) electrons. The van der Waals surface area contributed by atoms with Gasteiger partial charge in [0, 0.05) is 5.56 Å². The van der Waals surface area contributed by atoms with Gasteiger partial charge in [-0.3, -0.25) is 4.79 Å². The topological polar surface area (TPSA) is 281 Å². The Morgan fingerprint density at radius 3 is 1.56 bits per heavy atom. The first-order valence-electron chi connectivity index (χ1n) is 10.4. The SMILES string of the molecule is O=C(O)C1=CC(=O)C(c2cccc(C(=O)O)c2C(=O)O)C(O)(c2cccc(C(=O)O)c2C(=O)O)C1(O)C(=O)O. The molecule has 0 fully saturated rings. The molecule has 1 aliphatic rings. The van der Waals surface area contributed by atoms with Crippen LogP contribution in [-0.2, 0) is 20.0 Å². The minimum atomic E-state index is -4.13. The summed E-state index contributed by atoms with van der Waals surface area (Å²) in [7, 11) is 0. The second kappa shape index (κ2) is 9.47. The minimum absolute atomic E-state index is 0.0656. The maximum Gasteiger partial charge on any atom is 0.344 e. The number of carbonyl (C=O) groups is 7. The van der Waals surface area contributed by atoms with E-state index in [1.54, 1.807) is 0 Å². The maximum atomic E-state index is 13.4. The number of rotatable bonds is 8. The lowest BCUT2D eigenvalue weighted by atomic mass is 9.58. The Balaban J connectivity index is 2.69. The number of hydrogen-bond acceptors (Lipinski definition) is 9. The van der Waals surface area contributed by atoms with Gasteiger partial charge in [0.2, 0.25) is 5.60 Å². The first kappa shape index (κ1) is 28.2. The van der Waals surface area contributed by atoms with Crippen LogP contribution in [0.4, 0.5) is 0 Å². The summed E-state index contributed by atoms with van der Waals surface area (Å²) in [5.41, 5.74) is -16.6. The molecule has 15 heteroatoms. The van der Waals surface area contributed by atoms with Crippen molar-refractivity contribution in [2.75, 3.05) is 0 Å². The van der Waals surface area contributed by atoms with E-state index in [4.69, 9.17) is 0 Å². The van der Waals surface area contributed by atoms with Crippen LogP contribution in [-0.4, -0.2) is 88.1 Å². The molecule has 0 heterocycles. The van der Waals surface area contributed by atoms with Crippen LogP contribution in [0.2, 0.25) is 0 Å². The number of carboxylic acids is 6. The number of benzene rings is 2. The zero-order chi connectivity index (χ0) is 29.6. The third kappa shape index (κ3) is 3.97. The van der Waals surface area contributed by atoms with Gasteiger partial charge in [-0.25, -0.2) is 28.8 Å². The molecule has 202 valence electrons. The smallest absolute Gasteiger partial charge is 0.344 e. The van der Waals surface area contributed by atoms with E-state index in [2.05, 4.69) is 0 Å². The number of aliphatic hydroxyl groups is 2. The average Bonchev–Trinajstić information content (AvgIpc) is 2.84. The van der Waals surface area contributed by atoms with Crippen molar-refractivity contribution < 1.29 is 74.4 Å². The summed E-state index contributed by atoms with van der Waals surface area (Å²) in [6.45, 7) is 0. The molecule has 8 N–H and O–H groups in total. The van der Waals surface area contributed by atoms with E-state index in [1.807, 2.05) is 0 Å². The van der Waals surface area contributed by atoms with Crippen LogP contribution in [0.1, 0.15) is 58.5 Å². The predicted octanol–water partition coefficient (Wildman–Crippen LogP) is -0.140. The van der Waals surface area contributed by atoms with Gasteiger partial charge in [0.05, 0.1) is 33.7 Å². The van der Waals surface area contributed by atoms with Gasteiger partial charge in [-0.15, -0.1) is 0 Å². The summed E-state index contributed by atoms with van der Waals surface area (Å²) < 4.78 is 0. The largest absolute Gasteiger partial charge is 0.479 e. The lowest BCUT2D eigenvalue weighted by Gasteiger charge is -2.48. The Morgan fingerprint density at radius 1 is 0.641 bits per heavy atom. The number of hydrogen-bond donors (Lipinski definition) is 8. The van der Waals surface area contributed by atoms with Crippen molar-refractivity contribution >= 4 is 41.6 Å². The molecule has 0 amide bonds. The summed E-state index contributed by atoms with van der Waals surface area (Å²) in [6.07, 6.45) is 0.0656. The molecule has 0 saturated heterocycles. The summed E-state index contributed by atoms with van der Waals surface area (Å²) in [6, 6.07) is 4.51. The first-order valence-corrected chi connectivity index (χ1v) is 10.4. The van der Waals surface area contributed by atoms with Crippen LogP contribution in [0.3, 0.4) is 0 Å².